The molecule has 1 N–H and O–H groups in total. The van der Waals surface area contributed by atoms with E-state index in [0.717, 1.165) is 12.1 Å². The maximum Gasteiger partial charge on any atom is 0.418 e. The molecule has 37 heavy (non-hydrogen) atoms. The number of carbonyl (C=O) groups is 3. The highest BCUT2D eigenvalue weighted by Crippen LogP contribution is 2.34. The molecule has 0 heterocycles. The standard InChI is InChI=1S/C26H22F3NO7/c1-34-22-14-17(25(33)37-18-10-7-16(8-11-18)13-24(32)35-2)9-12-21(22)36-15-23(31)30-20-6-4-3-5-19(20)26(27,28)29/h3-12,14H,13,15H2,1-2H3,(H,30,31). The molecular weight excluding hydrogens is 495 g/mol. The molecule has 11 heteroatoms. The Kier molecular flexibility index (Phi) is 8.72. The Balaban J connectivity index is 1.62. The molecule has 1 amide bonds. The first-order valence-corrected chi connectivity index (χ1v) is 10.8. The summed E-state index contributed by atoms with van der Waals surface area (Å²) < 4.78 is 59.9. The van der Waals surface area contributed by atoms with Crippen LogP contribution in [0, 0.1) is 0 Å². The number of benzene rings is 3. The van der Waals surface area contributed by atoms with Crippen LogP contribution in [0.25, 0.3) is 0 Å². The Hall–Kier alpha value is -4.54. The second-order valence-electron chi connectivity index (χ2n) is 7.53. The predicted molar refractivity (Wildman–Crippen MR) is 126 cm³/mol. The minimum absolute atomic E-state index is 0.0796. The third-order valence-electron chi connectivity index (χ3n) is 4.97. The molecule has 3 aromatic carbocycles. The number of carbonyl (C=O) groups excluding carboxylic acids is 3. The van der Waals surface area contributed by atoms with E-state index in [1.165, 1.54) is 56.7 Å². The molecular formula is C26H22F3NO7. The summed E-state index contributed by atoms with van der Waals surface area (Å²) in [4.78, 5) is 36.1. The van der Waals surface area contributed by atoms with Gasteiger partial charge in [-0.3, -0.25) is 9.59 Å². The van der Waals surface area contributed by atoms with Crippen LogP contribution in [0.3, 0.4) is 0 Å². The fourth-order valence-corrected chi connectivity index (χ4v) is 3.16. The van der Waals surface area contributed by atoms with Crippen LogP contribution in [0.5, 0.6) is 17.2 Å². The summed E-state index contributed by atoms with van der Waals surface area (Å²) in [5.41, 5.74) is -0.582. The molecule has 3 aromatic rings. The van der Waals surface area contributed by atoms with Crippen molar-refractivity contribution in [3.8, 4) is 17.2 Å². The first-order chi connectivity index (χ1) is 17.6. The first kappa shape index (κ1) is 27.1. The number of ether oxygens (including phenoxy) is 4. The number of halogens is 3. The molecule has 0 bridgehead atoms. The summed E-state index contributed by atoms with van der Waals surface area (Å²) >= 11 is 0. The molecule has 3 rings (SSSR count). The average Bonchev–Trinajstić information content (AvgIpc) is 2.88. The number of esters is 2. The number of alkyl halides is 3. The van der Waals surface area contributed by atoms with E-state index in [0.29, 0.717) is 5.56 Å². The van der Waals surface area contributed by atoms with E-state index in [9.17, 15) is 27.6 Å². The van der Waals surface area contributed by atoms with E-state index in [1.54, 1.807) is 12.1 Å². The molecule has 0 saturated carbocycles. The Morgan fingerprint density at radius 1 is 0.892 bits per heavy atom. The van der Waals surface area contributed by atoms with E-state index < -0.39 is 41.9 Å². The molecule has 0 fully saturated rings. The summed E-state index contributed by atoms with van der Waals surface area (Å²) in [7, 11) is 2.60. The highest BCUT2D eigenvalue weighted by Gasteiger charge is 2.33. The van der Waals surface area contributed by atoms with E-state index in [2.05, 4.69) is 10.1 Å². The van der Waals surface area contributed by atoms with Gasteiger partial charge in [-0.1, -0.05) is 24.3 Å². The van der Waals surface area contributed by atoms with Gasteiger partial charge in [0.2, 0.25) is 0 Å². The predicted octanol–water partition coefficient (Wildman–Crippen LogP) is 4.67. The SMILES string of the molecule is COC(=O)Cc1ccc(OC(=O)c2ccc(OCC(=O)Nc3ccccc3C(F)(F)F)c(OC)c2)cc1. The lowest BCUT2D eigenvalue weighted by molar-refractivity contribution is -0.140. The molecule has 0 radical (unpaired) electrons. The van der Waals surface area contributed by atoms with E-state index in [-0.39, 0.29) is 29.2 Å². The number of amides is 1. The zero-order valence-corrected chi connectivity index (χ0v) is 19.8. The van der Waals surface area contributed by atoms with Gasteiger partial charge in [-0.15, -0.1) is 0 Å². The fourth-order valence-electron chi connectivity index (χ4n) is 3.16. The second kappa shape index (κ2) is 11.9. The van der Waals surface area contributed by atoms with Crippen LogP contribution in [0.2, 0.25) is 0 Å². The maximum atomic E-state index is 13.1. The fraction of sp³-hybridized carbons (Fsp3) is 0.192. The van der Waals surface area contributed by atoms with Crippen LogP contribution in [-0.4, -0.2) is 38.7 Å². The van der Waals surface area contributed by atoms with Crippen molar-refractivity contribution in [2.45, 2.75) is 12.6 Å². The summed E-state index contributed by atoms with van der Waals surface area (Å²) in [5.74, 6) is -1.49. The van der Waals surface area contributed by atoms with Crippen molar-refractivity contribution < 1.29 is 46.5 Å². The van der Waals surface area contributed by atoms with Crippen LogP contribution >= 0.6 is 0 Å². The van der Waals surface area contributed by atoms with Gasteiger partial charge in [0, 0.05) is 0 Å². The van der Waals surface area contributed by atoms with Crippen LogP contribution in [-0.2, 0) is 26.9 Å². The zero-order chi connectivity index (χ0) is 27.0. The summed E-state index contributed by atoms with van der Waals surface area (Å²) in [5, 5.41) is 2.17. The number of anilines is 1. The van der Waals surface area contributed by atoms with Gasteiger partial charge >= 0.3 is 18.1 Å². The molecule has 0 saturated heterocycles. The Bertz CT molecular complexity index is 1270. The Labute approximate surface area is 209 Å². The van der Waals surface area contributed by atoms with E-state index in [1.807, 2.05) is 0 Å². The monoisotopic (exact) mass is 517 g/mol. The number of hydrogen-bond acceptors (Lipinski definition) is 7. The minimum Gasteiger partial charge on any atom is -0.493 e. The van der Waals surface area contributed by atoms with Crippen molar-refractivity contribution >= 4 is 23.5 Å². The van der Waals surface area contributed by atoms with E-state index >= 15 is 0 Å². The van der Waals surface area contributed by atoms with Gasteiger partial charge < -0.3 is 24.3 Å². The van der Waals surface area contributed by atoms with Gasteiger partial charge in [0.05, 0.1) is 37.5 Å². The van der Waals surface area contributed by atoms with Gasteiger partial charge in [-0.05, 0) is 48.0 Å². The smallest absolute Gasteiger partial charge is 0.418 e. The quantitative estimate of drug-likeness (QED) is 0.325. The highest BCUT2D eigenvalue weighted by molar-refractivity contribution is 5.93. The van der Waals surface area contributed by atoms with Crippen LogP contribution < -0.4 is 19.5 Å². The molecule has 8 nitrogen and oxygen atoms in total. The number of para-hydroxylation sites is 1. The van der Waals surface area contributed by atoms with Crippen LogP contribution in [0.15, 0.2) is 66.7 Å². The largest absolute Gasteiger partial charge is 0.493 e. The molecule has 0 aliphatic heterocycles. The third-order valence-corrected chi connectivity index (χ3v) is 4.97. The molecule has 194 valence electrons. The zero-order valence-electron chi connectivity index (χ0n) is 19.8. The van der Waals surface area contributed by atoms with Gasteiger partial charge in [-0.2, -0.15) is 13.2 Å². The molecule has 0 unspecified atom stereocenters. The van der Waals surface area contributed by atoms with Gasteiger partial charge in [-0.25, -0.2) is 4.79 Å². The lowest BCUT2D eigenvalue weighted by Gasteiger charge is -2.15. The van der Waals surface area contributed by atoms with Gasteiger partial charge in [0.25, 0.3) is 5.91 Å². The minimum atomic E-state index is -4.64. The lowest BCUT2D eigenvalue weighted by Crippen LogP contribution is -2.22. The average molecular weight is 517 g/mol. The normalized spacial score (nSPS) is 10.8. The topological polar surface area (TPSA) is 100 Å². The number of hydrogen-bond donors (Lipinski definition) is 1. The van der Waals surface area contributed by atoms with Crippen LogP contribution in [0.4, 0.5) is 18.9 Å². The number of nitrogens with one attached hydrogen (secondary N) is 1. The lowest BCUT2D eigenvalue weighted by atomic mass is 10.1. The van der Waals surface area contributed by atoms with E-state index in [4.69, 9.17) is 14.2 Å². The molecule has 0 spiro atoms. The number of methoxy groups -OCH3 is 2. The maximum absolute atomic E-state index is 13.1. The molecule has 0 aliphatic carbocycles. The van der Waals surface area contributed by atoms with Crippen molar-refractivity contribution in [1.82, 2.24) is 0 Å². The van der Waals surface area contributed by atoms with Crippen molar-refractivity contribution in [3.63, 3.8) is 0 Å². The summed E-state index contributed by atoms with van der Waals surface area (Å²) in [6.07, 6.45) is -4.56. The second-order valence-corrected chi connectivity index (χ2v) is 7.53. The van der Waals surface area contributed by atoms with Crippen LogP contribution in [0.1, 0.15) is 21.5 Å². The highest BCUT2D eigenvalue weighted by atomic mass is 19.4. The van der Waals surface area contributed by atoms with Gasteiger partial charge in [0.15, 0.2) is 18.1 Å². The van der Waals surface area contributed by atoms with Crippen molar-refractivity contribution in [2.75, 3.05) is 26.1 Å². The number of rotatable bonds is 9. The van der Waals surface area contributed by atoms with Gasteiger partial charge in [0.1, 0.15) is 5.75 Å². The summed E-state index contributed by atoms with van der Waals surface area (Å²) in [6, 6.07) is 14.9. The Morgan fingerprint density at radius 3 is 2.24 bits per heavy atom. The van der Waals surface area contributed by atoms with Crippen molar-refractivity contribution in [3.05, 3.63) is 83.4 Å². The third kappa shape index (κ3) is 7.47. The Morgan fingerprint density at radius 2 is 1.59 bits per heavy atom. The molecule has 0 atom stereocenters. The first-order valence-electron chi connectivity index (χ1n) is 10.8. The molecule has 0 aliphatic rings. The van der Waals surface area contributed by atoms with Crippen molar-refractivity contribution in [2.24, 2.45) is 0 Å². The molecule has 0 aromatic heterocycles. The summed E-state index contributed by atoms with van der Waals surface area (Å²) in [6.45, 7) is -0.607. The van der Waals surface area contributed by atoms with Crippen molar-refractivity contribution in [1.29, 1.82) is 0 Å².